The average Bonchev–Trinajstić information content (AvgIpc) is 3.23. The fourth-order valence-corrected chi connectivity index (χ4v) is 2.65. The van der Waals surface area contributed by atoms with E-state index in [0.717, 1.165) is 5.56 Å². The molecule has 146 valence electrons. The van der Waals surface area contributed by atoms with E-state index in [1.165, 1.54) is 21.3 Å². The highest BCUT2D eigenvalue weighted by atomic mass is 16.5. The number of anilines is 1. The van der Waals surface area contributed by atoms with Crippen molar-refractivity contribution in [2.75, 3.05) is 33.8 Å². The van der Waals surface area contributed by atoms with Crippen LogP contribution in [0.3, 0.4) is 0 Å². The Labute approximate surface area is 162 Å². The van der Waals surface area contributed by atoms with Crippen LogP contribution >= 0.6 is 0 Å². The monoisotopic (exact) mass is 384 g/mol. The van der Waals surface area contributed by atoms with Gasteiger partial charge < -0.3 is 28.8 Å². The Balaban J connectivity index is 1.83. The van der Waals surface area contributed by atoms with Crippen LogP contribution in [0.5, 0.6) is 23.0 Å². The molecule has 28 heavy (non-hydrogen) atoms. The van der Waals surface area contributed by atoms with Gasteiger partial charge in [-0.3, -0.25) is 4.79 Å². The number of nitrogens with one attached hydrogen (secondary N) is 1. The summed E-state index contributed by atoms with van der Waals surface area (Å²) in [4.78, 5) is 12.6. The van der Waals surface area contributed by atoms with E-state index in [2.05, 4.69) is 10.5 Å². The lowest BCUT2D eigenvalue weighted by Crippen LogP contribution is -2.11. The molecule has 0 aliphatic rings. The average molecular weight is 384 g/mol. The van der Waals surface area contributed by atoms with Crippen LogP contribution in [0.4, 0.5) is 5.69 Å². The van der Waals surface area contributed by atoms with Gasteiger partial charge in [0, 0.05) is 29.4 Å². The molecule has 3 rings (SSSR count). The minimum absolute atomic E-state index is 0.0616. The first-order chi connectivity index (χ1) is 13.6. The van der Waals surface area contributed by atoms with Gasteiger partial charge in [-0.05, 0) is 12.1 Å². The third-order valence-electron chi connectivity index (χ3n) is 4.02. The van der Waals surface area contributed by atoms with Crippen LogP contribution in [0.2, 0.25) is 0 Å². The van der Waals surface area contributed by atoms with E-state index in [9.17, 15) is 4.79 Å². The number of nitrogens with zero attached hydrogens (tertiary/aromatic N) is 1. The first-order valence-corrected chi connectivity index (χ1v) is 8.32. The maximum absolute atomic E-state index is 12.6. The molecule has 2 aromatic carbocycles. The number of benzene rings is 2. The van der Waals surface area contributed by atoms with E-state index in [4.69, 9.17) is 23.5 Å². The Kier molecular flexibility index (Phi) is 5.69. The van der Waals surface area contributed by atoms with Gasteiger partial charge in [-0.15, -0.1) is 0 Å². The van der Waals surface area contributed by atoms with Gasteiger partial charge in [-0.2, -0.15) is 0 Å². The molecule has 1 amide bonds. The Morgan fingerprint density at radius 3 is 2.25 bits per heavy atom. The largest absolute Gasteiger partial charge is 0.497 e. The Morgan fingerprint density at radius 1 is 0.929 bits per heavy atom. The lowest BCUT2D eigenvalue weighted by molar-refractivity contribution is 0.0988. The molecule has 3 aromatic rings. The van der Waals surface area contributed by atoms with Crippen LogP contribution in [-0.4, -0.2) is 39.5 Å². The minimum atomic E-state index is -0.462. The van der Waals surface area contributed by atoms with Crippen LogP contribution in [0, 0.1) is 0 Å². The van der Waals surface area contributed by atoms with E-state index in [-0.39, 0.29) is 5.76 Å². The molecule has 0 atom stereocenters. The van der Waals surface area contributed by atoms with Crippen molar-refractivity contribution in [3.05, 3.63) is 48.2 Å². The molecule has 0 saturated carbocycles. The number of amides is 1. The number of methoxy groups -OCH3 is 4. The van der Waals surface area contributed by atoms with Crippen molar-refractivity contribution >= 4 is 11.6 Å². The van der Waals surface area contributed by atoms with Crippen LogP contribution in [0.1, 0.15) is 10.6 Å². The summed E-state index contributed by atoms with van der Waals surface area (Å²) >= 11 is 0. The van der Waals surface area contributed by atoms with Crippen LogP contribution in [-0.2, 0) is 0 Å². The molecule has 0 radical (unpaired) electrons. The number of hydrogen-bond acceptors (Lipinski definition) is 7. The molecule has 0 spiro atoms. The summed E-state index contributed by atoms with van der Waals surface area (Å²) in [7, 11) is 6.09. The second-order valence-electron chi connectivity index (χ2n) is 5.68. The molecular formula is C20H20N2O6. The molecule has 8 nitrogen and oxygen atoms in total. The zero-order valence-corrected chi connectivity index (χ0v) is 15.9. The Bertz CT molecular complexity index is 957. The van der Waals surface area contributed by atoms with Gasteiger partial charge in [-0.25, -0.2) is 0 Å². The smallest absolute Gasteiger partial charge is 0.294 e. The Hall–Kier alpha value is -3.68. The third-order valence-corrected chi connectivity index (χ3v) is 4.02. The topological polar surface area (TPSA) is 92.1 Å². The predicted octanol–water partition coefficient (Wildman–Crippen LogP) is 3.63. The maximum atomic E-state index is 12.6. The highest BCUT2D eigenvalue weighted by Gasteiger charge is 2.18. The number of carbonyl (C=O) groups is 1. The van der Waals surface area contributed by atoms with Gasteiger partial charge in [0.05, 0.1) is 28.4 Å². The van der Waals surface area contributed by atoms with Gasteiger partial charge in [-0.1, -0.05) is 17.3 Å². The number of ether oxygens (including phenoxy) is 4. The molecule has 0 aliphatic carbocycles. The van der Waals surface area contributed by atoms with E-state index < -0.39 is 5.91 Å². The molecule has 1 N–H and O–H groups in total. The highest BCUT2D eigenvalue weighted by molar-refractivity contribution is 6.03. The van der Waals surface area contributed by atoms with Gasteiger partial charge in [0.25, 0.3) is 5.91 Å². The van der Waals surface area contributed by atoms with E-state index in [1.807, 2.05) is 18.2 Å². The first-order valence-electron chi connectivity index (χ1n) is 8.32. The summed E-state index contributed by atoms with van der Waals surface area (Å²) < 4.78 is 26.2. The van der Waals surface area contributed by atoms with Crippen LogP contribution in [0.25, 0.3) is 11.3 Å². The maximum Gasteiger partial charge on any atom is 0.294 e. The first kappa shape index (κ1) is 19.1. The number of rotatable bonds is 7. The molecule has 1 heterocycles. The summed E-state index contributed by atoms with van der Waals surface area (Å²) in [6.45, 7) is 0. The zero-order valence-electron chi connectivity index (χ0n) is 15.9. The van der Waals surface area contributed by atoms with E-state index >= 15 is 0 Å². The Morgan fingerprint density at radius 2 is 1.64 bits per heavy atom. The SMILES string of the molecule is COc1cccc(-c2cc(C(=O)Nc3cc(OC)c(OC)c(OC)c3)on2)c1. The number of carbonyl (C=O) groups excluding carboxylic acids is 1. The van der Waals surface area contributed by atoms with Crippen molar-refractivity contribution in [1.29, 1.82) is 0 Å². The van der Waals surface area contributed by atoms with Crippen molar-refractivity contribution in [3.8, 4) is 34.3 Å². The van der Waals surface area contributed by atoms with Crippen molar-refractivity contribution in [2.24, 2.45) is 0 Å². The second kappa shape index (κ2) is 8.34. The van der Waals surface area contributed by atoms with Crippen molar-refractivity contribution in [3.63, 3.8) is 0 Å². The van der Waals surface area contributed by atoms with E-state index in [0.29, 0.717) is 34.4 Å². The van der Waals surface area contributed by atoms with E-state index in [1.54, 1.807) is 31.4 Å². The van der Waals surface area contributed by atoms with Crippen molar-refractivity contribution in [2.45, 2.75) is 0 Å². The number of aromatic nitrogens is 1. The van der Waals surface area contributed by atoms with Gasteiger partial charge in [0.2, 0.25) is 11.5 Å². The highest BCUT2D eigenvalue weighted by Crippen LogP contribution is 2.40. The van der Waals surface area contributed by atoms with Gasteiger partial charge in [0.1, 0.15) is 11.4 Å². The van der Waals surface area contributed by atoms with Crippen molar-refractivity contribution in [1.82, 2.24) is 5.16 Å². The molecule has 0 unspecified atom stereocenters. The quantitative estimate of drug-likeness (QED) is 0.665. The summed E-state index contributed by atoms with van der Waals surface area (Å²) in [5.41, 5.74) is 1.75. The van der Waals surface area contributed by atoms with Crippen LogP contribution < -0.4 is 24.3 Å². The lowest BCUT2D eigenvalue weighted by Gasteiger charge is -2.14. The fourth-order valence-electron chi connectivity index (χ4n) is 2.65. The fraction of sp³-hybridized carbons (Fsp3) is 0.200. The molecule has 0 fully saturated rings. The summed E-state index contributed by atoms with van der Waals surface area (Å²) in [5.74, 6) is 1.56. The summed E-state index contributed by atoms with van der Waals surface area (Å²) in [6, 6.07) is 12.1. The van der Waals surface area contributed by atoms with Gasteiger partial charge in [0.15, 0.2) is 11.5 Å². The molecule has 0 aliphatic heterocycles. The third kappa shape index (κ3) is 3.85. The molecule has 1 aromatic heterocycles. The van der Waals surface area contributed by atoms with Gasteiger partial charge >= 0.3 is 0 Å². The van der Waals surface area contributed by atoms with Crippen LogP contribution in [0.15, 0.2) is 47.0 Å². The molecular weight excluding hydrogens is 364 g/mol. The molecule has 0 bridgehead atoms. The molecule has 0 saturated heterocycles. The minimum Gasteiger partial charge on any atom is -0.497 e. The summed E-state index contributed by atoms with van der Waals surface area (Å²) in [5, 5.41) is 6.69. The molecule has 8 heteroatoms. The normalized spacial score (nSPS) is 10.3. The second-order valence-corrected chi connectivity index (χ2v) is 5.68. The number of hydrogen-bond donors (Lipinski definition) is 1. The lowest BCUT2D eigenvalue weighted by atomic mass is 10.1. The zero-order chi connectivity index (χ0) is 20.1. The summed E-state index contributed by atoms with van der Waals surface area (Å²) in [6.07, 6.45) is 0. The predicted molar refractivity (Wildman–Crippen MR) is 103 cm³/mol. The van der Waals surface area contributed by atoms with Crippen molar-refractivity contribution < 1.29 is 28.3 Å². The standard InChI is InChI=1S/C20H20N2O6/c1-24-14-7-5-6-12(8-14)15-11-18(28-22-15)20(23)21-13-9-16(25-2)19(27-4)17(10-13)26-3/h5-11H,1-4H3,(H,21,23).